The molecule has 2 aromatic heterocycles. The monoisotopic (exact) mass is 284 g/mol. The van der Waals surface area contributed by atoms with Crippen molar-refractivity contribution in [1.82, 2.24) is 14.8 Å². The maximum atomic E-state index is 11.5. The zero-order valence-corrected chi connectivity index (χ0v) is 11.6. The lowest BCUT2D eigenvalue weighted by Crippen LogP contribution is -2.12. The summed E-state index contributed by atoms with van der Waals surface area (Å²) >= 11 is 1.48. The summed E-state index contributed by atoms with van der Waals surface area (Å²) in [5.41, 5.74) is 8.44. The number of benzene rings is 1. The Balaban J connectivity index is 2.05. The van der Waals surface area contributed by atoms with Crippen LogP contribution in [0.15, 0.2) is 42.0 Å². The Hall–Kier alpha value is -2.47. The molecular formula is C14H12N4OS. The number of thiazole rings is 1. The first-order chi connectivity index (χ1) is 9.65. The van der Waals surface area contributed by atoms with Crippen molar-refractivity contribution in [2.75, 3.05) is 0 Å². The molecule has 0 spiro atoms. The molecule has 0 fully saturated rings. The minimum Gasteiger partial charge on any atom is -0.366 e. The van der Waals surface area contributed by atoms with Crippen molar-refractivity contribution in [3.8, 4) is 21.8 Å². The standard InChI is InChI=1S/C14H12N4OS/c1-18-7-9(6-16-18)12-8-20-14(17-12)11-5-3-2-4-10(11)13(15)19/h2-8H,1H3,(H2,15,19). The molecular weight excluding hydrogens is 272 g/mol. The molecule has 0 unspecified atom stereocenters. The lowest BCUT2D eigenvalue weighted by molar-refractivity contribution is 0.100. The highest BCUT2D eigenvalue weighted by molar-refractivity contribution is 7.13. The van der Waals surface area contributed by atoms with Gasteiger partial charge in [0, 0.05) is 35.3 Å². The molecule has 2 heterocycles. The van der Waals surface area contributed by atoms with Crippen LogP contribution in [-0.2, 0) is 7.05 Å². The topological polar surface area (TPSA) is 73.8 Å². The van der Waals surface area contributed by atoms with Gasteiger partial charge in [0.05, 0.1) is 11.9 Å². The van der Waals surface area contributed by atoms with Crippen LogP contribution in [-0.4, -0.2) is 20.7 Å². The minimum atomic E-state index is -0.446. The Labute approximate surface area is 119 Å². The predicted molar refractivity (Wildman–Crippen MR) is 78.3 cm³/mol. The molecule has 20 heavy (non-hydrogen) atoms. The number of aryl methyl sites for hydroxylation is 1. The van der Waals surface area contributed by atoms with Gasteiger partial charge < -0.3 is 5.73 Å². The summed E-state index contributed by atoms with van der Waals surface area (Å²) in [4.78, 5) is 16.0. The van der Waals surface area contributed by atoms with Gasteiger partial charge in [0.2, 0.25) is 5.91 Å². The second kappa shape index (κ2) is 4.90. The largest absolute Gasteiger partial charge is 0.366 e. The smallest absolute Gasteiger partial charge is 0.249 e. The zero-order valence-electron chi connectivity index (χ0n) is 10.8. The number of aromatic nitrogens is 3. The van der Waals surface area contributed by atoms with Gasteiger partial charge in [-0.05, 0) is 6.07 Å². The molecule has 5 nitrogen and oxygen atoms in total. The van der Waals surface area contributed by atoms with Gasteiger partial charge >= 0.3 is 0 Å². The van der Waals surface area contributed by atoms with Crippen molar-refractivity contribution in [1.29, 1.82) is 0 Å². The number of carbonyl (C=O) groups excluding carboxylic acids is 1. The summed E-state index contributed by atoms with van der Waals surface area (Å²) < 4.78 is 1.73. The van der Waals surface area contributed by atoms with Gasteiger partial charge in [-0.2, -0.15) is 5.10 Å². The number of carbonyl (C=O) groups is 1. The van der Waals surface area contributed by atoms with Crippen LogP contribution in [0, 0.1) is 0 Å². The fourth-order valence-electron chi connectivity index (χ4n) is 1.97. The number of nitrogens with two attached hydrogens (primary N) is 1. The summed E-state index contributed by atoms with van der Waals surface area (Å²) in [6.45, 7) is 0. The molecule has 0 aliphatic carbocycles. The summed E-state index contributed by atoms with van der Waals surface area (Å²) in [7, 11) is 1.86. The van der Waals surface area contributed by atoms with Crippen LogP contribution in [0.2, 0.25) is 0 Å². The number of hydrogen-bond acceptors (Lipinski definition) is 4. The molecule has 3 aromatic rings. The Morgan fingerprint density at radius 2 is 2.15 bits per heavy atom. The summed E-state index contributed by atoms with van der Waals surface area (Å²) in [6.07, 6.45) is 3.66. The van der Waals surface area contributed by atoms with Crippen LogP contribution >= 0.6 is 11.3 Å². The van der Waals surface area contributed by atoms with Gasteiger partial charge in [-0.15, -0.1) is 11.3 Å². The first-order valence-corrected chi connectivity index (χ1v) is 6.87. The van der Waals surface area contributed by atoms with E-state index in [-0.39, 0.29) is 0 Å². The van der Waals surface area contributed by atoms with Crippen molar-refractivity contribution in [3.63, 3.8) is 0 Å². The highest BCUT2D eigenvalue weighted by atomic mass is 32.1. The van der Waals surface area contributed by atoms with E-state index in [2.05, 4.69) is 10.1 Å². The summed E-state index contributed by atoms with van der Waals surface area (Å²) in [5, 5.41) is 6.85. The Morgan fingerprint density at radius 1 is 1.35 bits per heavy atom. The molecule has 6 heteroatoms. The van der Waals surface area contributed by atoms with Crippen molar-refractivity contribution in [2.24, 2.45) is 12.8 Å². The minimum absolute atomic E-state index is 0.446. The number of primary amides is 1. The third-order valence-electron chi connectivity index (χ3n) is 2.93. The lowest BCUT2D eigenvalue weighted by atomic mass is 10.1. The maximum absolute atomic E-state index is 11.5. The van der Waals surface area contributed by atoms with Crippen molar-refractivity contribution in [2.45, 2.75) is 0 Å². The van der Waals surface area contributed by atoms with E-state index < -0.39 is 5.91 Å². The van der Waals surface area contributed by atoms with Gasteiger partial charge in [-0.25, -0.2) is 4.98 Å². The second-order valence-corrected chi connectivity index (χ2v) is 5.21. The van der Waals surface area contributed by atoms with Gasteiger partial charge in [0.1, 0.15) is 5.01 Å². The van der Waals surface area contributed by atoms with Crippen LogP contribution in [0.3, 0.4) is 0 Å². The fourth-order valence-corrected chi connectivity index (χ4v) is 2.84. The van der Waals surface area contributed by atoms with E-state index in [1.165, 1.54) is 11.3 Å². The molecule has 0 aliphatic heterocycles. The zero-order chi connectivity index (χ0) is 14.1. The maximum Gasteiger partial charge on any atom is 0.249 e. The molecule has 1 aromatic carbocycles. The third-order valence-corrected chi connectivity index (χ3v) is 3.80. The van der Waals surface area contributed by atoms with Crippen molar-refractivity contribution < 1.29 is 4.79 Å². The highest BCUT2D eigenvalue weighted by Gasteiger charge is 2.13. The molecule has 0 atom stereocenters. The van der Waals surface area contributed by atoms with E-state index in [9.17, 15) is 4.79 Å². The quantitative estimate of drug-likeness (QED) is 0.802. The van der Waals surface area contributed by atoms with E-state index >= 15 is 0 Å². The number of nitrogens with zero attached hydrogens (tertiary/aromatic N) is 3. The first-order valence-electron chi connectivity index (χ1n) is 5.99. The van der Waals surface area contributed by atoms with Gasteiger partial charge in [-0.1, -0.05) is 18.2 Å². The average Bonchev–Trinajstić information content (AvgIpc) is 3.07. The molecule has 100 valence electrons. The fraction of sp³-hybridized carbons (Fsp3) is 0.0714. The summed E-state index contributed by atoms with van der Waals surface area (Å²) in [5.74, 6) is -0.446. The molecule has 2 N–H and O–H groups in total. The van der Waals surface area contributed by atoms with Crippen molar-refractivity contribution >= 4 is 17.2 Å². The number of hydrogen-bond donors (Lipinski definition) is 1. The van der Waals surface area contributed by atoms with Crippen LogP contribution in [0.25, 0.3) is 21.8 Å². The Morgan fingerprint density at radius 3 is 2.85 bits per heavy atom. The normalized spacial score (nSPS) is 10.7. The highest BCUT2D eigenvalue weighted by Crippen LogP contribution is 2.30. The molecule has 3 rings (SSSR count). The summed E-state index contributed by atoms with van der Waals surface area (Å²) in [6, 6.07) is 7.22. The molecule has 0 saturated carbocycles. The molecule has 0 aliphatic rings. The van der Waals surface area contributed by atoms with Crippen LogP contribution < -0.4 is 5.73 Å². The Bertz CT molecular complexity index is 775. The van der Waals surface area contributed by atoms with E-state index in [0.29, 0.717) is 5.56 Å². The lowest BCUT2D eigenvalue weighted by Gasteiger charge is -2.02. The van der Waals surface area contributed by atoms with E-state index in [4.69, 9.17) is 5.73 Å². The number of rotatable bonds is 3. The average molecular weight is 284 g/mol. The van der Waals surface area contributed by atoms with E-state index in [0.717, 1.165) is 21.8 Å². The molecule has 0 bridgehead atoms. The second-order valence-electron chi connectivity index (χ2n) is 4.35. The molecule has 0 saturated heterocycles. The SMILES string of the molecule is Cn1cc(-c2csc(-c3ccccc3C(N)=O)n2)cn1. The third kappa shape index (κ3) is 2.21. The van der Waals surface area contributed by atoms with Gasteiger partial charge in [0.25, 0.3) is 0 Å². The van der Waals surface area contributed by atoms with Crippen LogP contribution in [0.1, 0.15) is 10.4 Å². The molecule has 1 amide bonds. The number of amides is 1. The first kappa shape index (κ1) is 12.6. The van der Waals surface area contributed by atoms with Crippen molar-refractivity contribution in [3.05, 3.63) is 47.6 Å². The van der Waals surface area contributed by atoms with Gasteiger partial charge in [-0.3, -0.25) is 9.48 Å². The Kier molecular flexibility index (Phi) is 3.08. The van der Waals surface area contributed by atoms with Crippen LogP contribution in [0.4, 0.5) is 0 Å². The van der Waals surface area contributed by atoms with Crippen LogP contribution in [0.5, 0.6) is 0 Å². The van der Waals surface area contributed by atoms with E-state index in [1.807, 2.05) is 30.8 Å². The van der Waals surface area contributed by atoms with Gasteiger partial charge in [0.15, 0.2) is 0 Å². The molecule has 0 radical (unpaired) electrons. The predicted octanol–water partition coefficient (Wildman–Crippen LogP) is 2.31. The van der Waals surface area contributed by atoms with E-state index in [1.54, 1.807) is 23.0 Å².